The molecule has 33 heavy (non-hydrogen) atoms. The van der Waals surface area contributed by atoms with E-state index in [0.29, 0.717) is 16.6 Å². The van der Waals surface area contributed by atoms with Crippen LogP contribution < -0.4 is 20.5 Å². The highest BCUT2D eigenvalue weighted by Crippen LogP contribution is 2.37. The number of rotatable bonds is 7. The Morgan fingerprint density at radius 2 is 2.00 bits per heavy atom. The summed E-state index contributed by atoms with van der Waals surface area (Å²) in [4.78, 5) is 19.2. The Morgan fingerprint density at radius 1 is 1.24 bits per heavy atom. The van der Waals surface area contributed by atoms with E-state index >= 15 is 8.78 Å². The molecule has 4 rings (SSSR count). The summed E-state index contributed by atoms with van der Waals surface area (Å²) in [5, 5.41) is 13.1. The monoisotopic (exact) mass is 458 g/mol. The molecule has 0 saturated carbocycles. The molecule has 0 atom stereocenters. The molecule has 3 aromatic rings. The maximum atomic E-state index is 15.2. The van der Waals surface area contributed by atoms with E-state index < -0.39 is 11.6 Å². The van der Waals surface area contributed by atoms with Gasteiger partial charge in [0.2, 0.25) is 0 Å². The number of nitrogens with one attached hydrogen (secondary N) is 1. The number of methoxy groups -OCH3 is 1. The predicted molar refractivity (Wildman–Crippen MR) is 123 cm³/mol. The van der Waals surface area contributed by atoms with Crippen molar-refractivity contribution in [3.05, 3.63) is 58.1 Å². The van der Waals surface area contributed by atoms with Gasteiger partial charge < -0.3 is 20.1 Å². The number of aliphatic hydroxyl groups is 1. The fraction of sp³-hybridized carbons (Fsp3) is 0.417. The van der Waals surface area contributed by atoms with Gasteiger partial charge in [-0.15, -0.1) is 0 Å². The number of aliphatic hydroxyl groups excluding tert-OH is 1. The SMILES string of the molecule is COc1cc(C)c(F)c(N(CCCO)c2ccc3ncn(C4CCNCC4)c(=O)c3c2)c1F. The number of aryl methyl sites for hydroxylation is 1. The first kappa shape index (κ1) is 23.1. The molecule has 7 nitrogen and oxygen atoms in total. The number of anilines is 2. The lowest BCUT2D eigenvalue weighted by Crippen LogP contribution is -2.34. The van der Waals surface area contributed by atoms with Crippen molar-refractivity contribution in [3.8, 4) is 5.75 Å². The van der Waals surface area contributed by atoms with Gasteiger partial charge in [0.1, 0.15) is 5.69 Å². The average Bonchev–Trinajstić information content (AvgIpc) is 2.84. The Kier molecular flexibility index (Phi) is 6.90. The van der Waals surface area contributed by atoms with Crippen LogP contribution in [0.3, 0.4) is 0 Å². The van der Waals surface area contributed by atoms with Crippen LogP contribution in [0.1, 0.15) is 30.9 Å². The normalized spacial score (nSPS) is 14.6. The molecule has 2 N–H and O–H groups in total. The van der Waals surface area contributed by atoms with Crippen molar-refractivity contribution in [3.63, 3.8) is 0 Å². The van der Waals surface area contributed by atoms with E-state index in [0.717, 1.165) is 25.9 Å². The van der Waals surface area contributed by atoms with Crippen molar-refractivity contribution in [1.82, 2.24) is 14.9 Å². The number of hydrogen-bond donors (Lipinski definition) is 2. The van der Waals surface area contributed by atoms with Gasteiger partial charge in [0.15, 0.2) is 17.4 Å². The number of fused-ring (bicyclic) bond motifs is 1. The lowest BCUT2D eigenvalue weighted by molar-refractivity contribution is 0.290. The van der Waals surface area contributed by atoms with E-state index in [-0.39, 0.29) is 48.2 Å². The Labute approximate surface area is 190 Å². The molecule has 9 heteroatoms. The maximum Gasteiger partial charge on any atom is 0.261 e. The number of halogens is 2. The van der Waals surface area contributed by atoms with Gasteiger partial charge in [-0.2, -0.15) is 0 Å². The molecule has 2 aromatic carbocycles. The molecular weight excluding hydrogens is 430 g/mol. The summed E-state index contributed by atoms with van der Waals surface area (Å²) in [5.41, 5.74) is 0.719. The zero-order valence-corrected chi connectivity index (χ0v) is 18.8. The van der Waals surface area contributed by atoms with E-state index in [1.807, 2.05) is 0 Å². The summed E-state index contributed by atoms with van der Waals surface area (Å²) in [6.07, 6.45) is 3.51. The second-order valence-electron chi connectivity index (χ2n) is 8.24. The molecule has 1 aliphatic rings. The molecular formula is C24H28F2N4O3. The summed E-state index contributed by atoms with van der Waals surface area (Å²) in [5.74, 6) is -1.63. The summed E-state index contributed by atoms with van der Waals surface area (Å²) in [6.45, 7) is 3.19. The lowest BCUT2D eigenvalue weighted by atomic mass is 10.1. The van der Waals surface area contributed by atoms with Crippen LogP contribution in [0.25, 0.3) is 10.9 Å². The standard InChI is InChI=1S/C24H28F2N4O3/c1-15-12-20(33-2)22(26)23(21(15)25)29(10-3-11-31)17-4-5-19-18(13-17)24(32)30(14-28-19)16-6-8-27-9-7-16/h4-5,12-14,16,27,31H,3,6-11H2,1-2H3. The van der Waals surface area contributed by atoms with Crippen molar-refractivity contribution in [1.29, 1.82) is 0 Å². The Balaban J connectivity index is 1.86. The van der Waals surface area contributed by atoms with E-state index in [9.17, 15) is 9.90 Å². The van der Waals surface area contributed by atoms with Gasteiger partial charge in [-0.05, 0) is 69.1 Å². The molecule has 1 fully saturated rings. The number of benzene rings is 2. The minimum Gasteiger partial charge on any atom is -0.494 e. The first-order valence-corrected chi connectivity index (χ1v) is 11.1. The van der Waals surface area contributed by atoms with Crippen LogP contribution in [0.5, 0.6) is 5.75 Å². The van der Waals surface area contributed by atoms with Gasteiger partial charge in [0.25, 0.3) is 5.56 Å². The molecule has 0 bridgehead atoms. The van der Waals surface area contributed by atoms with Gasteiger partial charge in [-0.25, -0.2) is 13.8 Å². The van der Waals surface area contributed by atoms with Crippen LogP contribution >= 0.6 is 0 Å². The number of piperidine rings is 1. The quantitative estimate of drug-likeness (QED) is 0.565. The summed E-state index contributed by atoms with van der Waals surface area (Å²) in [6, 6.07) is 6.33. The van der Waals surface area contributed by atoms with Gasteiger partial charge in [-0.1, -0.05) is 0 Å². The van der Waals surface area contributed by atoms with Crippen LogP contribution in [0.4, 0.5) is 20.2 Å². The third-order valence-corrected chi connectivity index (χ3v) is 6.14. The zero-order chi connectivity index (χ0) is 23.5. The van der Waals surface area contributed by atoms with Crippen molar-refractivity contribution >= 4 is 22.3 Å². The third-order valence-electron chi connectivity index (χ3n) is 6.14. The molecule has 176 valence electrons. The summed E-state index contributed by atoms with van der Waals surface area (Å²) < 4.78 is 37.1. The van der Waals surface area contributed by atoms with Crippen LogP contribution in [0.15, 0.2) is 35.4 Å². The Bertz CT molecular complexity index is 1210. The highest BCUT2D eigenvalue weighted by atomic mass is 19.1. The molecule has 1 saturated heterocycles. The fourth-order valence-corrected chi connectivity index (χ4v) is 4.34. The molecule has 1 aromatic heterocycles. The van der Waals surface area contributed by atoms with Crippen LogP contribution in [0, 0.1) is 18.6 Å². The first-order valence-electron chi connectivity index (χ1n) is 11.1. The van der Waals surface area contributed by atoms with E-state index in [1.54, 1.807) is 29.1 Å². The van der Waals surface area contributed by atoms with Crippen LogP contribution in [-0.4, -0.2) is 48.0 Å². The summed E-state index contributed by atoms with van der Waals surface area (Å²) in [7, 11) is 1.32. The number of aromatic nitrogens is 2. The van der Waals surface area contributed by atoms with E-state index in [1.165, 1.54) is 25.0 Å². The molecule has 0 amide bonds. The van der Waals surface area contributed by atoms with Gasteiger partial charge in [0.05, 0.1) is 24.3 Å². The molecule has 1 aliphatic heterocycles. The van der Waals surface area contributed by atoms with Crippen LogP contribution in [0.2, 0.25) is 0 Å². The topological polar surface area (TPSA) is 79.6 Å². The maximum absolute atomic E-state index is 15.2. The highest BCUT2D eigenvalue weighted by Gasteiger charge is 2.25. The number of hydrogen-bond acceptors (Lipinski definition) is 6. The highest BCUT2D eigenvalue weighted by molar-refractivity contribution is 5.83. The third kappa shape index (κ3) is 4.43. The van der Waals surface area contributed by atoms with Crippen molar-refractivity contribution in [2.24, 2.45) is 0 Å². The largest absolute Gasteiger partial charge is 0.494 e. The average molecular weight is 459 g/mol. The van der Waals surface area contributed by atoms with Gasteiger partial charge in [0, 0.05) is 24.9 Å². The second-order valence-corrected chi connectivity index (χ2v) is 8.24. The van der Waals surface area contributed by atoms with Crippen molar-refractivity contribution in [2.75, 3.05) is 38.3 Å². The molecule has 0 unspecified atom stereocenters. The minimum absolute atomic E-state index is 0.0562. The number of nitrogens with zero attached hydrogens (tertiary/aromatic N) is 3. The van der Waals surface area contributed by atoms with Crippen LogP contribution in [-0.2, 0) is 0 Å². The smallest absolute Gasteiger partial charge is 0.261 e. The Hall–Kier alpha value is -3.04. The van der Waals surface area contributed by atoms with Crippen molar-refractivity contribution < 1.29 is 18.6 Å². The molecule has 2 heterocycles. The summed E-state index contributed by atoms with van der Waals surface area (Å²) >= 11 is 0. The molecule has 0 radical (unpaired) electrons. The number of ether oxygens (including phenoxy) is 1. The Morgan fingerprint density at radius 3 is 2.70 bits per heavy atom. The minimum atomic E-state index is -0.836. The molecule has 0 aliphatic carbocycles. The fourth-order valence-electron chi connectivity index (χ4n) is 4.34. The van der Waals surface area contributed by atoms with Crippen molar-refractivity contribution in [2.45, 2.75) is 32.2 Å². The zero-order valence-electron chi connectivity index (χ0n) is 18.8. The predicted octanol–water partition coefficient (Wildman–Crippen LogP) is 3.44. The van der Waals surface area contributed by atoms with Gasteiger partial charge in [-0.3, -0.25) is 9.36 Å². The van der Waals surface area contributed by atoms with Gasteiger partial charge >= 0.3 is 0 Å². The molecule has 0 spiro atoms. The van der Waals surface area contributed by atoms with E-state index in [2.05, 4.69) is 10.3 Å². The van der Waals surface area contributed by atoms with E-state index in [4.69, 9.17) is 4.74 Å². The lowest BCUT2D eigenvalue weighted by Gasteiger charge is -2.27. The first-order chi connectivity index (χ1) is 16.0. The second kappa shape index (κ2) is 9.84.